The van der Waals surface area contributed by atoms with Gasteiger partial charge in [0.05, 0.1) is 10.9 Å². The van der Waals surface area contributed by atoms with Gasteiger partial charge in [-0.1, -0.05) is 24.6 Å². The van der Waals surface area contributed by atoms with E-state index in [2.05, 4.69) is 4.90 Å². The fourth-order valence-electron chi connectivity index (χ4n) is 4.04. The van der Waals surface area contributed by atoms with E-state index in [0.717, 1.165) is 24.4 Å². The number of rotatable bonds is 4. The monoisotopic (exact) mass is 463 g/mol. The van der Waals surface area contributed by atoms with Crippen LogP contribution in [0.2, 0.25) is 0 Å². The van der Waals surface area contributed by atoms with Crippen LogP contribution in [0.4, 0.5) is 14.5 Å². The van der Waals surface area contributed by atoms with Crippen molar-refractivity contribution in [1.82, 2.24) is 9.47 Å². The molecule has 170 valence electrons. The summed E-state index contributed by atoms with van der Waals surface area (Å²) in [6.07, 6.45) is 1.11. The number of benzene rings is 2. The summed E-state index contributed by atoms with van der Waals surface area (Å²) < 4.78 is 32.2. The number of carbonyl (C=O) groups is 1. The number of fused-ring (bicyclic) bond motifs is 1. The van der Waals surface area contributed by atoms with Crippen LogP contribution < -0.4 is 10.3 Å². The maximum absolute atomic E-state index is 15.8. The van der Waals surface area contributed by atoms with Crippen LogP contribution in [0, 0.1) is 18.6 Å². The van der Waals surface area contributed by atoms with Crippen molar-refractivity contribution in [3.05, 3.63) is 69.5 Å². The number of hydrogen-bond acceptors (Lipinski definition) is 4. The van der Waals surface area contributed by atoms with Crippen LogP contribution in [0.1, 0.15) is 22.8 Å². The van der Waals surface area contributed by atoms with Gasteiger partial charge in [-0.05, 0) is 31.7 Å². The zero-order valence-corrected chi connectivity index (χ0v) is 18.6. The molecule has 1 N–H and O–H groups in total. The smallest absolute Gasteiger partial charge is 0.341 e. The average molecular weight is 464 g/mol. The SMILES string of the molecule is CCN1CCN(c2c(F)cc3c(=O)c(C(=O)O)cn(-c4ccc(C)cc4)c3c2F)CC1.Cl. The molecule has 6 nitrogen and oxygen atoms in total. The van der Waals surface area contributed by atoms with Crippen LogP contribution in [0.15, 0.2) is 41.3 Å². The molecule has 1 aliphatic rings. The molecule has 0 radical (unpaired) electrons. The first-order chi connectivity index (χ1) is 14.8. The number of carboxylic acids is 1. The van der Waals surface area contributed by atoms with E-state index in [1.54, 1.807) is 29.2 Å². The molecular formula is C23H24ClF2N3O3. The first-order valence-corrected chi connectivity index (χ1v) is 10.2. The standard InChI is InChI=1S/C23H23F2N3O3.ClH/c1-3-26-8-10-27(11-9-26)21-18(24)12-16-20(19(21)25)28(13-17(22(16)29)23(30)31)15-6-4-14(2)5-7-15;/h4-7,12-13H,3,8-11H2,1-2H3,(H,30,31);1H. The summed E-state index contributed by atoms with van der Waals surface area (Å²) in [4.78, 5) is 28.2. The number of likely N-dealkylation sites (N-methyl/N-ethyl adjacent to an activating group) is 1. The van der Waals surface area contributed by atoms with Crippen LogP contribution in [-0.4, -0.2) is 53.3 Å². The molecule has 4 rings (SSSR count). The third-order valence-electron chi connectivity index (χ3n) is 5.83. The van der Waals surface area contributed by atoms with Gasteiger partial charge >= 0.3 is 5.97 Å². The number of aromatic carboxylic acids is 1. The minimum absolute atomic E-state index is 0. The topological polar surface area (TPSA) is 65.8 Å². The highest BCUT2D eigenvalue weighted by Crippen LogP contribution is 2.32. The maximum Gasteiger partial charge on any atom is 0.341 e. The van der Waals surface area contributed by atoms with Crippen molar-refractivity contribution in [3.8, 4) is 5.69 Å². The quantitative estimate of drug-likeness (QED) is 0.637. The van der Waals surface area contributed by atoms with Gasteiger partial charge in [-0.3, -0.25) is 4.79 Å². The summed E-state index contributed by atoms with van der Waals surface area (Å²) in [5.41, 5.74) is -0.333. The lowest BCUT2D eigenvalue weighted by atomic mass is 10.1. The average Bonchev–Trinajstić information content (AvgIpc) is 2.75. The van der Waals surface area contributed by atoms with Crippen molar-refractivity contribution in [3.63, 3.8) is 0 Å². The Hall–Kier alpha value is -2.97. The van der Waals surface area contributed by atoms with Crippen LogP contribution in [0.25, 0.3) is 16.6 Å². The van der Waals surface area contributed by atoms with Gasteiger partial charge in [0.15, 0.2) is 5.82 Å². The zero-order chi connectivity index (χ0) is 22.3. The van der Waals surface area contributed by atoms with Gasteiger partial charge in [-0.25, -0.2) is 13.6 Å². The Morgan fingerprint density at radius 3 is 2.28 bits per heavy atom. The molecule has 32 heavy (non-hydrogen) atoms. The molecule has 0 bridgehead atoms. The Balaban J connectivity index is 0.00000289. The summed E-state index contributed by atoms with van der Waals surface area (Å²) in [6, 6.07) is 7.96. The van der Waals surface area contributed by atoms with Crippen molar-refractivity contribution in [2.75, 3.05) is 37.6 Å². The molecule has 1 fully saturated rings. The summed E-state index contributed by atoms with van der Waals surface area (Å²) >= 11 is 0. The van der Waals surface area contributed by atoms with E-state index in [4.69, 9.17) is 0 Å². The van der Waals surface area contributed by atoms with Crippen molar-refractivity contribution >= 4 is 35.0 Å². The van der Waals surface area contributed by atoms with Crippen molar-refractivity contribution < 1.29 is 18.7 Å². The first-order valence-electron chi connectivity index (χ1n) is 10.2. The molecule has 1 aromatic heterocycles. The summed E-state index contributed by atoms with van der Waals surface area (Å²) in [5, 5.41) is 9.17. The Morgan fingerprint density at radius 2 is 1.72 bits per heavy atom. The largest absolute Gasteiger partial charge is 0.477 e. The van der Waals surface area contributed by atoms with E-state index < -0.39 is 28.6 Å². The fourth-order valence-corrected chi connectivity index (χ4v) is 4.04. The number of aryl methyl sites for hydroxylation is 1. The van der Waals surface area contributed by atoms with Gasteiger partial charge < -0.3 is 19.5 Å². The highest BCUT2D eigenvalue weighted by Gasteiger charge is 2.27. The summed E-state index contributed by atoms with van der Waals surface area (Å²) in [7, 11) is 0. The summed E-state index contributed by atoms with van der Waals surface area (Å²) in [6.45, 7) is 7.05. The Bertz CT molecular complexity index is 1220. The molecule has 1 saturated heterocycles. The normalized spacial score (nSPS) is 14.4. The van der Waals surface area contributed by atoms with Crippen LogP contribution in [0.3, 0.4) is 0 Å². The second-order valence-corrected chi connectivity index (χ2v) is 7.72. The van der Waals surface area contributed by atoms with Crippen LogP contribution in [-0.2, 0) is 0 Å². The molecule has 0 saturated carbocycles. The molecule has 9 heteroatoms. The van der Waals surface area contributed by atoms with Gasteiger partial charge in [0, 0.05) is 38.1 Å². The zero-order valence-electron chi connectivity index (χ0n) is 17.8. The third kappa shape index (κ3) is 4.08. The fraction of sp³-hybridized carbons (Fsp3) is 0.304. The molecule has 0 amide bonds. The lowest BCUT2D eigenvalue weighted by Crippen LogP contribution is -2.46. The van der Waals surface area contributed by atoms with Crippen molar-refractivity contribution in [2.24, 2.45) is 0 Å². The predicted molar refractivity (Wildman–Crippen MR) is 123 cm³/mol. The number of pyridine rings is 1. The second kappa shape index (κ2) is 9.26. The number of nitrogens with zero attached hydrogens (tertiary/aromatic N) is 3. The Labute approximate surface area is 190 Å². The molecule has 3 aromatic rings. The predicted octanol–water partition coefficient (Wildman–Crippen LogP) is 3.84. The van der Waals surface area contributed by atoms with E-state index in [1.165, 1.54) is 4.57 Å². The van der Waals surface area contributed by atoms with Crippen LogP contribution >= 0.6 is 12.4 Å². The van der Waals surface area contributed by atoms with E-state index in [0.29, 0.717) is 31.9 Å². The molecular weight excluding hydrogens is 440 g/mol. The number of anilines is 1. The first kappa shape index (κ1) is 23.7. The van der Waals surface area contributed by atoms with E-state index in [1.807, 2.05) is 13.8 Å². The Morgan fingerprint density at radius 1 is 1.09 bits per heavy atom. The maximum atomic E-state index is 15.8. The lowest BCUT2D eigenvalue weighted by molar-refractivity contribution is 0.0695. The number of carboxylic acid groups (broad SMARTS) is 1. The molecule has 0 atom stereocenters. The molecule has 2 aromatic carbocycles. The minimum atomic E-state index is -1.45. The van der Waals surface area contributed by atoms with Gasteiger partial charge in [0.2, 0.25) is 5.43 Å². The lowest BCUT2D eigenvalue weighted by Gasteiger charge is -2.36. The van der Waals surface area contributed by atoms with Gasteiger partial charge in [-0.15, -0.1) is 12.4 Å². The Kier molecular flexibility index (Phi) is 6.85. The molecule has 0 aliphatic carbocycles. The number of piperazine rings is 1. The number of halogens is 3. The molecule has 2 heterocycles. The van der Waals surface area contributed by atoms with Crippen LogP contribution in [0.5, 0.6) is 0 Å². The van der Waals surface area contributed by atoms with Gasteiger partial charge in [0.25, 0.3) is 0 Å². The molecule has 1 aliphatic heterocycles. The van der Waals surface area contributed by atoms with E-state index in [9.17, 15) is 14.7 Å². The number of aromatic nitrogens is 1. The minimum Gasteiger partial charge on any atom is -0.477 e. The van der Waals surface area contributed by atoms with Crippen molar-refractivity contribution in [2.45, 2.75) is 13.8 Å². The van der Waals surface area contributed by atoms with Crippen molar-refractivity contribution in [1.29, 1.82) is 0 Å². The summed E-state index contributed by atoms with van der Waals surface area (Å²) in [5.74, 6) is -3.19. The van der Waals surface area contributed by atoms with E-state index >= 15 is 8.78 Å². The van der Waals surface area contributed by atoms with Gasteiger partial charge in [-0.2, -0.15) is 0 Å². The number of hydrogen-bond donors (Lipinski definition) is 1. The molecule has 0 unspecified atom stereocenters. The van der Waals surface area contributed by atoms with Gasteiger partial charge in [0.1, 0.15) is 17.1 Å². The highest BCUT2D eigenvalue weighted by molar-refractivity contribution is 5.94. The second-order valence-electron chi connectivity index (χ2n) is 7.72. The van der Waals surface area contributed by atoms with E-state index in [-0.39, 0.29) is 29.0 Å². The third-order valence-corrected chi connectivity index (χ3v) is 5.83. The highest BCUT2D eigenvalue weighted by atomic mass is 35.5. The molecule has 0 spiro atoms.